The number of hydrogen-bond donors (Lipinski definition) is 1. The Morgan fingerprint density at radius 2 is 1.79 bits per heavy atom. The van der Waals surface area contributed by atoms with Crippen LogP contribution < -0.4 is 5.32 Å². The van der Waals surface area contributed by atoms with E-state index >= 15 is 0 Å². The summed E-state index contributed by atoms with van der Waals surface area (Å²) in [4.78, 5) is 9.06. The molecule has 1 aromatic heterocycles. The van der Waals surface area contributed by atoms with E-state index in [-0.39, 0.29) is 11.1 Å². The van der Waals surface area contributed by atoms with Gasteiger partial charge in [-0.05, 0) is 46.5 Å². The van der Waals surface area contributed by atoms with Crippen LogP contribution >= 0.6 is 0 Å². The van der Waals surface area contributed by atoms with Gasteiger partial charge in [-0.1, -0.05) is 0 Å². The molecule has 4 heteroatoms. The normalized spacial score (nSPS) is 18.7. The van der Waals surface area contributed by atoms with Crippen LogP contribution in [0.2, 0.25) is 0 Å². The molecule has 1 aliphatic rings. The van der Waals surface area contributed by atoms with Crippen LogP contribution in [-0.4, -0.2) is 22.6 Å². The third-order valence-electron chi connectivity index (χ3n) is 3.74. The maximum atomic E-state index is 5.70. The van der Waals surface area contributed by atoms with Crippen LogP contribution in [0, 0.1) is 0 Å². The fraction of sp³-hybridized carbons (Fsp3) is 0.733. The Bertz CT molecular complexity index is 402. The Hall–Kier alpha value is -1.00. The van der Waals surface area contributed by atoms with Gasteiger partial charge in [-0.25, -0.2) is 9.97 Å². The molecule has 1 aliphatic carbocycles. The number of nitrogens with zero attached hydrogens (tertiary/aromatic N) is 2. The van der Waals surface area contributed by atoms with E-state index in [1.807, 2.05) is 12.4 Å². The van der Waals surface area contributed by atoms with Crippen molar-refractivity contribution in [3.05, 3.63) is 23.8 Å². The summed E-state index contributed by atoms with van der Waals surface area (Å²) in [5, 5.41) is 3.44. The summed E-state index contributed by atoms with van der Waals surface area (Å²) in [7, 11) is 1.77. The molecule has 0 aromatic carbocycles. The second-order valence-electron chi connectivity index (χ2n) is 6.42. The third-order valence-corrected chi connectivity index (χ3v) is 3.74. The summed E-state index contributed by atoms with van der Waals surface area (Å²) in [5.74, 6) is 0.840. The molecule has 1 heterocycles. The molecule has 2 rings (SSSR count). The lowest BCUT2D eigenvalue weighted by molar-refractivity contribution is -0.0163. The van der Waals surface area contributed by atoms with E-state index in [2.05, 4.69) is 36.1 Å². The fourth-order valence-corrected chi connectivity index (χ4v) is 2.51. The van der Waals surface area contributed by atoms with Gasteiger partial charge >= 0.3 is 0 Å². The van der Waals surface area contributed by atoms with Crippen LogP contribution in [0.25, 0.3) is 0 Å². The first-order valence-electron chi connectivity index (χ1n) is 7.07. The van der Waals surface area contributed by atoms with Crippen LogP contribution in [-0.2, 0) is 16.9 Å². The molecule has 0 bridgehead atoms. The Labute approximate surface area is 116 Å². The predicted molar refractivity (Wildman–Crippen MR) is 75.8 cm³/mol. The van der Waals surface area contributed by atoms with Crippen molar-refractivity contribution in [3.8, 4) is 0 Å². The zero-order valence-corrected chi connectivity index (χ0v) is 12.5. The largest absolute Gasteiger partial charge is 0.370 e. The molecule has 1 fully saturated rings. The molecule has 0 aliphatic heterocycles. The van der Waals surface area contributed by atoms with Gasteiger partial charge in [0.1, 0.15) is 5.60 Å². The average Bonchev–Trinajstić information content (AvgIpc) is 2.86. The van der Waals surface area contributed by atoms with E-state index in [9.17, 15) is 0 Å². The molecule has 0 radical (unpaired) electrons. The van der Waals surface area contributed by atoms with Gasteiger partial charge in [-0.2, -0.15) is 0 Å². The van der Waals surface area contributed by atoms with Crippen LogP contribution in [0.5, 0.6) is 0 Å². The second kappa shape index (κ2) is 5.55. The standard InChI is InChI=1S/C15H25N3O/c1-14(2,3)18-11-12-9-16-13(17-10-12)15(19-4)7-5-6-8-15/h9-10,18H,5-8,11H2,1-4H3. The maximum Gasteiger partial charge on any atom is 0.160 e. The van der Waals surface area contributed by atoms with E-state index in [4.69, 9.17) is 4.74 Å². The molecule has 1 saturated carbocycles. The van der Waals surface area contributed by atoms with Gasteiger partial charge < -0.3 is 10.1 Å². The van der Waals surface area contributed by atoms with Crippen molar-refractivity contribution in [2.45, 2.75) is 64.1 Å². The quantitative estimate of drug-likeness (QED) is 0.907. The Balaban J connectivity index is 2.06. The molecule has 1 N–H and O–H groups in total. The number of nitrogens with one attached hydrogen (secondary N) is 1. The summed E-state index contributed by atoms with van der Waals surface area (Å²) < 4.78 is 5.70. The molecular weight excluding hydrogens is 238 g/mol. The van der Waals surface area contributed by atoms with Crippen LogP contribution in [0.3, 0.4) is 0 Å². The van der Waals surface area contributed by atoms with Gasteiger partial charge in [0.15, 0.2) is 5.82 Å². The van der Waals surface area contributed by atoms with Crippen molar-refractivity contribution in [2.24, 2.45) is 0 Å². The van der Waals surface area contributed by atoms with Crippen molar-refractivity contribution in [2.75, 3.05) is 7.11 Å². The summed E-state index contributed by atoms with van der Waals surface area (Å²) in [5.41, 5.74) is 0.983. The van der Waals surface area contributed by atoms with Crippen LogP contribution in [0.15, 0.2) is 12.4 Å². The minimum atomic E-state index is -0.240. The molecule has 4 nitrogen and oxygen atoms in total. The zero-order valence-electron chi connectivity index (χ0n) is 12.5. The summed E-state index contributed by atoms with van der Waals surface area (Å²) in [6.45, 7) is 7.26. The summed E-state index contributed by atoms with van der Waals surface area (Å²) >= 11 is 0. The minimum Gasteiger partial charge on any atom is -0.370 e. The molecule has 1 aromatic rings. The highest BCUT2D eigenvalue weighted by molar-refractivity contribution is 5.11. The van der Waals surface area contributed by atoms with Gasteiger partial charge in [-0.3, -0.25) is 0 Å². The molecule has 0 atom stereocenters. The highest BCUT2D eigenvalue weighted by atomic mass is 16.5. The van der Waals surface area contributed by atoms with Crippen LogP contribution in [0.1, 0.15) is 57.8 Å². The highest BCUT2D eigenvalue weighted by Gasteiger charge is 2.38. The summed E-state index contributed by atoms with van der Waals surface area (Å²) in [6.07, 6.45) is 8.29. The lowest BCUT2D eigenvalue weighted by Crippen LogP contribution is -2.35. The molecular formula is C15H25N3O. The summed E-state index contributed by atoms with van der Waals surface area (Å²) in [6, 6.07) is 0. The first-order chi connectivity index (χ1) is 8.95. The van der Waals surface area contributed by atoms with Gasteiger partial charge in [0.05, 0.1) is 0 Å². The van der Waals surface area contributed by atoms with Crippen molar-refractivity contribution in [3.63, 3.8) is 0 Å². The minimum absolute atomic E-state index is 0.109. The van der Waals surface area contributed by atoms with Crippen molar-refractivity contribution in [1.82, 2.24) is 15.3 Å². The average molecular weight is 263 g/mol. The second-order valence-corrected chi connectivity index (χ2v) is 6.42. The van der Waals surface area contributed by atoms with Gasteiger partial charge in [0.25, 0.3) is 0 Å². The van der Waals surface area contributed by atoms with Gasteiger partial charge in [-0.15, -0.1) is 0 Å². The van der Waals surface area contributed by atoms with Crippen molar-refractivity contribution < 1.29 is 4.74 Å². The van der Waals surface area contributed by atoms with Crippen molar-refractivity contribution in [1.29, 1.82) is 0 Å². The SMILES string of the molecule is COC1(c2ncc(CNC(C)(C)C)cn2)CCCC1. The topological polar surface area (TPSA) is 47.0 Å². The lowest BCUT2D eigenvalue weighted by atomic mass is 10.0. The fourth-order valence-electron chi connectivity index (χ4n) is 2.51. The third kappa shape index (κ3) is 3.51. The molecule has 19 heavy (non-hydrogen) atoms. The van der Waals surface area contributed by atoms with E-state index < -0.39 is 0 Å². The van der Waals surface area contributed by atoms with Crippen molar-refractivity contribution >= 4 is 0 Å². The van der Waals surface area contributed by atoms with Crippen LogP contribution in [0.4, 0.5) is 0 Å². The number of hydrogen-bond acceptors (Lipinski definition) is 4. The predicted octanol–water partition coefficient (Wildman–Crippen LogP) is 2.78. The Morgan fingerprint density at radius 3 is 2.26 bits per heavy atom. The van der Waals surface area contributed by atoms with E-state index in [1.165, 1.54) is 12.8 Å². The maximum absolute atomic E-state index is 5.70. The lowest BCUT2D eigenvalue weighted by Gasteiger charge is -2.25. The first kappa shape index (κ1) is 14.4. The smallest absolute Gasteiger partial charge is 0.160 e. The molecule has 0 amide bonds. The Morgan fingerprint density at radius 1 is 1.21 bits per heavy atom. The molecule has 0 unspecified atom stereocenters. The molecule has 0 spiro atoms. The zero-order chi connectivity index (χ0) is 13.9. The number of methoxy groups -OCH3 is 1. The number of rotatable bonds is 4. The highest BCUT2D eigenvalue weighted by Crippen LogP contribution is 2.39. The van der Waals surface area contributed by atoms with E-state index in [0.29, 0.717) is 0 Å². The number of ether oxygens (including phenoxy) is 1. The molecule has 106 valence electrons. The number of aromatic nitrogens is 2. The van der Waals surface area contributed by atoms with E-state index in [1.54, 1.807) is 7.11 Å². The van der Waals surface area contributed by atoms with Gasteiger partial charge in [0.2, 0.25) is 0 Å². The van der Waals surface area contributed by atoms with E-state index in [0.717, 1.165) is 30.8 Å². The monoisotopic (exact) mass is 263 g/mol. The first-order valence-corrected chi connectivity index (χ1v) is 7.07. The molecule has 0 saturated heterocycles. The Kier molecular flexibility index (Phi) is 4.21. The van der Waals surface area contributed by atoms with Gasteiger partial charge in [0, 0.05) is 37.2 Å².